The van der Waals surface area contributed by atoms with Crippen molar-refractivity contribution in [3.63, 3.8) is 0 Å². The molecule has 1 aliphatic carbocycles. The van der Waals surface area contributed by atoms with Crippen molar-refractivity contribution in [2.24, 2.45) is 0 Å². The van der Waals surface area contributed by atoms with Crippen LogP contribution in [0.3, 0.4) is 0 Å². The zero-order valence-corrected chi connectivity index (χ0v) is 14.6. The molecule has 3 N–H and O–H groups in total. The van der Waals surface area contributed by atoms with Crippen molar-refractivity contribution in [3.8, 4) is 17.2 Å². The number of nitrogens with one attached hydrogen (secondary N) is 2. The van der Waals surface area contributed by atoms with Gasteiger partial charge < -0.3 is 25.2 Å². The lowest BCUT2D eigenvalue weighted by Gasteiger charge is -2.17. The molecule has 0 unspecified atom stereocenters. The first-order chi connectivity index (χ1) is 12.0. The predicted octanol–water partition coefficient (Wildman–Crippen LogP) is 3.53. The molecule has 6 nitrogen and oxygen atoms in total. The van der Waals surface area contributed by atoms with Gasteiger partial charge in [0, 0.05) is 11.8 Å². The van der Waals surface area contributed by atoms with Crippen LogP contribution in [-0.2, 0) is 6.42 Å². The molecule has 0 heterocycles. The Balaban J connectivity index is 1.73. The molecule has 0 spiro atoms. The van der Waals surface area contributed by atoms with E-state index in [9.17, 15) is 9.90 Å². The zero-order valence-electron chi connectivity index (χ0n) is 14.6. The summed E-state index contributed by atoms with van der Waals surface area (Å²) in [5.74, 6) is 1.46. The predicted molar refractivity (Wildman–Crippen MR) is 95.6 cm³/mol. The molecule has 0 bridgehead atoms. The second kappa shape index (κ2) is 6.93. The van der Waals surface area contributed by atoms with Crippen LogP contribution in [-0.4, -0.2) is 25.4 Å². The standard InChI is InChI=1S/C19H22N2O4/c1-11-9-17(24-2)18(25-3)10-15(11)21-19(23)20-14-8-7-13-12(14)5-4-6-16(13)22/h4-6,9-10,14,22H,7-8H2,1-3H3,(H2,20,21,23)/t14-/m1/s1. The Bertz CT molecular complexity index is 804. The van der Waals surface area contributed by atoms with E-state index in [1.807, 2.05) is 19.1 Å². The minimum Gasteiger partial charge on any atom is -0.508 e. The first-order valence-electron chi connectivity index (χ1n) is 8.14. The lowest BCUT2D eigenvalue weighted by molar-refractivity contribution is 0.248. The van der Waals surface area contributed by atoms with Gasteiger partial charge in [-0.1, -0.05) is 12.1 Å². The van der Waals surface area contributed by atoms with Gasteiger partial charge in [0.15, 0.2) is 11.5 Å². The molecular weight excluding hydrogens is 320 g/mol. The van der Waals surface area contributed by atoms with Gasteiger partial charge in [-0.25, -0.2) is 4.79 Å². The van der Waals surface area contributed by atoms with Crippen LogP contribution in [0.25, 0.3) is 0 Å². The second-order valence-corrected chi connectivity index (χ2v) is 6.06. The number of phenols is 1. The largest absolute Gasteiger partial charge is 0.508 e. The molecule has 0 aliphatic heterocycles. The van der Waals surface area contributed by atoms with Crippen LogP contribution in [0.1, 0.15) is 29.2 Å². The van der Waals surface area contributed by atoms with Crippen LogP contribution in [0.5, 0.6) is 17.2 Å². The van der Waals surface area contributed by atoms with Gasteiger partial charge >= 0.3 is 6.03 Å². The topological polar surface area (TPSA) is 79.8 Å². The van der Waals surface area contributed by atoms with E-state index in [1.54, 1.807) is 32.4 Å². The zero-order chi connectivity index (χ0) is 18.0. The number of fused-ring (bicyclic) bond motifs is 1. The molecule has 0 saturated carbocycles. The van der Waals surface area contributed by atoms with Gasteiger partial charge in [-0.3, -0.25) is 0 Å². The molecule has 1 atom stereocenters. The maximum Gasteiger partial charge on any atom is 0.319 e. The Morgan fingerprint density at radius 1 is 1.20 bits per heavy atom. The van der Waals surface area contributed by atoms with Gasteiger partial charge in [-0.2, -0.15) is 0 Å². The average molecular weight is 342 g/mol. The van der Waals surface area contributed by atoms with Crippen LogP contribution in [0, 0.1) is 6.92 Å². The van der Waals surface area contributed by atoms with E-state index < -0.39 is 0 Å². The molecule has 25 heavy (non-hydrogen) atoms. The number of carbonyl (C=O) groups is 1. The summed E-state index contributed by atoms with van der Waals surface area (Å²) in [5.41, 5.74) is 3.41. The summed E-state index contributed by atoms with van der Waals surface area (Å²) in [6.45, 7) is 1.89. The summed E-state index contributed by atoms with van der Waals surface area (Å²) in [7, 11) is 3.13. The number of benzene rings is 2. The summed E-state index contributed by atoms with van der Waals surface area (Å²) in [6.07, 6.45) is 1.52. The fourth-order valence-corrected chi connectivity index (χ4v) is 3.22. The number of phenolic OH excluding ortho intramolecular Hbond substituents is 1. The van der Waals surface area contributed by atoms with E-state index in [0.29, 0.717) is 17.2 Å². The third-order valence-corrected chi connectivity index (χ3v) is 4.53. The van der Waals surface area contributed by atoms with Crippen molar-refractivity contribution in [1.82, 2.24) is 5.32 Å². The lowest BCUT2D eigenvalue weighted by Crippen LogP contribution is -2.31. The van der Waals surface area contributed by atoms with E-state index in [2.05, 4.69) is 10.6 Å². The van der Waals surface area contributed by atoms with E-state index in [0.717, 1.165) is 29.5 Å². The lowest BCUT2D eigenvalue weighted by atomic mass is 10.1. The number of anilines is 1. The van der Waals surface area contributed by atoms with Crippen molar-refractivity contribution >= 4 is 11.7 Å². The van der Waals surface area contributed by atoms with Gasteiger partial charge in [-0.05, 0) is 48.6 Å². The van der Waals surface area contributed by atoms with Crippen LogP contribution in [0.15, 0.2) is 30.3 Å². The number of carbonyl (C=O) groups excluding carboxylic acids is 1. The van der Waals surface area contributed by atoms with Gasteiger partial charge in [0.1, 0.15) is 5.75 Å². The van der Waals surface area contributed by atoms with Gasteiger partial charge in [0.2, 0.25) is 0 Å². The van der Waals surface area contributed by atoms with Gasteiger partial charge in [-0.15, -0.1) is 0 Å². The molecule has 0 saturated heterocycles. The number of hydrogen-bond donors (Lipinski definition) is 3. The van der Waals surface area contributed by atoms with Crippen LogP contribution in [0.4, 0.5) is 10.5 Å². The highest BCUT2D eigenvalue weighted by Crippen LogP contribution is 2.36. The maximum atomic E-state index is 12.4. The van der Waals surface area contributed by atoms with Crippen molar-refractivity contribution in [2.45, 2.75) is 25.8 Å². The molecule has 6 heteroatoms. The molecule has 0 fully saturated rings. The van der Waals surface area contributed by atoms with Gasteiger partial charge in [0.25, 0.3) is 0 Å². The first kappa shape index (κ1) is 17.0. The molecule has 132 valence electrons. The Morgan fingerprint density at radius 3 is 2.64 bits per heavy atom. The fourth-order valence-electron chi connectivity index (χ4n) is 3.22. The molecule has 0 aromatic heterocycles. The monoisotopic (exact) mass is 342 g/mol. The normalized spacial score (nSPS) is 15.4. The fraction of sp³-hybridized carbons (Fsp3) is 0.316. The molecular formula is C19H22N2O4. The maximum absolute atomic E-state index is 12.4. The van der Waals surface area contributed by atoms with Crippen molar-refractivity contribution in [2.75, 3.05) is 19.5 Å². The molecule has 2 aromatic carbocycles. The minimum absolute atomic E-state index is 0.109. The molecule has 0 radical (unpaired) electrons. The van der Waals surface area contributed by atoms with E-state index in [4.69, 9.17) is 9.47 Å². The summed E-state index contributed by atoms with van der Waals surface area (Å²) >= 11 is 0. The van der Waals surface area contributed by atoms with Crippen molar-refractivity contribution in [3.05, 3.63) is 47.0 Å². The van der Waals surface area contributed by atoms with E-state index in [1.165, 1.54) is 0 Å². The summed E-state index contributed by atoms with van der Waals surface area (Å²) in [5, 5.41) is 15.7. The highest BCUT2D eigenvalue weighted by atomic mass is 16.5. The first-order valence-corrected chi connectivity index (χ1v) is 8.14. The average Bonchev–Trinajstić information content (AvgIpc) is 3.00. The number of hydrogen-bond acceptors (Lipinski definition) is 4. The summed E-state index contributed by atoms with van der Waals surface area (Å²) in [6, 6.07) is 8.56. The highest BCUT2D eigenvalue weighted by molar-refractivity contribution is 5.91. The number of ether oxygens (including phenoxy) is 2. The highest BCUT2D eigenvalue weighted by Gasteiger charge is 2.26. The molecule has 1 aliphatic rings. The third kappa shape index (κ3) is 3.33. The van der Waals surface area contributed by atoms with Crippen LogP contribution < -0.4 is 20.1 Å². The van der Waals surface area contributed by atoms with E-state index >= 15 is 0 Å². The Labute approximate surface area is 146 Å². The quantitative estimate of drug-likeness (QED) is 0.794. The molecule has 2 aromatic rings. The Hall–Kier alpha value is -2.89. The number of urea groups is 1. The number of amides is 2. The van der Waals surface area contributed by atoms with Gasteiger partial charge in [0.05, 0.1) is 20.3 Å². The SMILES string of the molecule is COc1cc(C)c(NC(=O)N[C@@H]2CCc3c(O)cccc32)cc1OC. The Morgan fingerprint density at radius 2 is 1.92 bits per heavy atom. The van der Waals surface area contributed by atoms with Crippen LogP contribution >= 0.6 is 0 Å². The minimum atomic E-state index is -0.295. The smallest absolute Gasteiger partial charge is 0.319 e. The van der Waals surface area contributed by atoms with Crippen LogP contribution in [0.2, 0.25) is 0 Å². The van der Waals surface area contributed by atoms with Crippen molar-refractivity contribution in [1.29, 1.82) is 0 Å². The molecule has 3 rings (SSSR count). The molecule has 2 amide bonds. The Kier molecular flexibility index (Phi) is 4.70. The summed E-state index contributed by atoms with van der Waals surface area (Å²) < 4.78 is 10.5. The second-order valence-electron chi connectivity index (χ2n) is 6.06. The van der Waals surface area contributed by atoms with Crippen molar-refractivity contribution < 1.29 is 19.4 Å². The number of methoxy groups -OCH3 is 2. The number of rotatable bonds is 4. The third-order valence-electron chi connectivity index (χ3n) is 4.53. The summed E-state index contributed by atoms with van der Waals surface area (Å²) in [4.78, 5) is 12.4. The van der Waals surface area contributed by atoms with E-state index in [-0.39, 0.29) is 17.8 Å². The number of aryl methyl sites for hydroxylation is 1. The number of aromatic hydroxyl groups is 1.